The van der Waals surface area contributed by atoms with E-state index in [9.17, 15) is 4.79 Å². The Kier molecular flexibility index (Phi) is 4.70. The number of nitrogens with two attached hydrogens (primary N) is 3. The highest BCUT2D eigenvalue weighted by molar-refractivity contribution is 5.92. The molecule has 0 aromatic heterocycles. The van der Waals surface area contributed by atoms with Crippen LogP contribution in [-0.2, 0) is 4.79 Å². The average Bonchev–Trinajstić information content (AvgIpc) is 2.17. The zero-order valence-electron chi connectivity index (χ0n) is 11.1. The van der Waals surface area contributed by atoms with Gasteiger partial charge < -0.3 is 17.2 Å². The third-order valence-corrected chi connectivity index (χ3v) is 3.36. The number of carbonyl (C=O) groups excluding carboxylic acids is 1. The minimum absolute atomic E-state index is 0.453. The normalized spacial score (nSPS) is 18.4. The molecule has 0 saturated carbocycles. The van der Waals surface area contributed by atoms with Gasteiger partial charge in [-0.2, -0.15) is 0 Å². The molecule has 1 amide bonds. The van der Waals surface area contributed by atoms with Crippen molar-refractivity contribution in [2.75, 3.05) is 0 Å². The molecule has 0 aliphatic rings. The van der Waals surface area contributed by atoms with Gasteiger partial charge in [-0.05, 0) is 39.2 Å². The third kappa shape index (κ3) is 3.06. The summed E-state index contributed by atoms with van der Waals surface area (Å²) >= 11 is 0. The van der Waals surface area contributed by atoms with Gasteiger partial charge in [0.2, 0.25) is 5.91 Å². The number of hydrogen-bond acceptors (Lipinski definition) is 3. The summed E-state index contributed by atoms with van der Waals surface area (Å²) in [5.41, 5.74) is 17.8. The molecule has 94 valence electrons. The average molecular weight is 227 g/mol. The van der Waals surface area contributed by atoms with E-state index in [2.05, 4.69) is 0 Å². The highest BCUT2D eigenvalue weighted by Gasteiger charge is 2.36. The van der Waals surface area contributed by atoms with Gasteiger partial charge in [0.15, 0.2) is 0 Å². The fraction of sp³-hybridized carbons (Fsp3) is 0.750. The van der Waals surface area contributed by atoms with Crippen LogP contribution in [0.15, 0.2) is 11.1 Å². The third-order valence-electron chi connectivity index (χ3n) is 3.36. The van der Waals surface area contributed by atoms with Crippen molar-refractivity contribution < 1.29 is 4.79 Å². The van der Waals surface area contributed by atoms with Crippen molar-refractivity contribution in [3.05, 3.63) is 11.1 Å². The summed E-state index contributed by atoms with van der Waals surface area (Å²) in [6.45, 7) is 9.41. The van der Waals surface area contributed by atoms with Crippen LogP contribution < -0.4 is 17.2 Å². The summed E-state index contributed by atoms with van der Waals surface area (Å²) < 4.78 is 0. The van der Waals surface area contributed by atoms with E-state index >= 15 is 0 Å². The molecule has 4 heteroatoms. The van der Waals surface area contributed by atoms with Gasteiger partial charge in [-0.25, -0.2) is 0 Å². The number of carbonyl (C=O) groups is 1. The minimum Gasteiger partial charge on any atom is -0.366 e. The van der Waals surface area contributed by atoms with E-state index in [-0.39, 0.29) is 0 Å². The van der Waals surface area contributed by atoms with E-state index in [1.807, 2.05) is 27.7 Å². The highest BCUT2D eigenvalue weighted by Crippen LogP contribution is 2.31. The second-order valence-corrected chi connectivity index (χ2v) is 4.91. The molecule has 16 heavy (non-hydrogen) atoms. The van der Waals surface area contributed by atoms with Crippen LogP contribution in [-0.4, -0.2) is 17.0 Å². The Labute approximate surface area is 98.2 Å². The molecule has 0 saturated heterocycles. The highest BCUT2D eigenvalue weighted by atomic mass is 16.1. The Morgan fingerprint density at radius 1 is 1.06 bits per heavy atom. The molecule has 4 nitrogen and oxygen atoms in total. The smallest absolute Gasteiger partial charge is 0.244 e. The summed E-state index contributed by atoms with van der Waals surface area (Å²) in [7, 11) is 0. The number of hydrogen-bond donors (Lipinski definition) is 3. The van der Waals surface area contributed by atoms with Gasteiger partial charge in [0, 0.05) is 16.7 Å². The van der Waals surface area contributed by atoms with Gasteiger partial charge in [-0.15, -0.1) is 0 Å². The van der Waals surface area contributed by atoms with Crippen molar-refractivity contribution in [2.24, 2.45) is 17.2 Å². The second kappa shape index (κ2) is 4.97. The van der Waals surface area contributed by atoms with Gasteiger partial charge >= 0.3 is 0 Å². The maximum absolute atomic E-state index is 11.3. The van der Waals surface area contributed by atoms with Crippen LogP contribution in [0.25, 0.3) is 0 Å². The molecule has 0 radical (unpaired) electrons. The minimum atomic E-state index is -0.599. The van der Waals surface area contributed by atoms with Gasteiger partial charge in [0.1, 0.15) is 0 Å². The molecule has 0 aliphatic heterocycles. The molecule has 6 N–H and O–H groups in total. The molecular weight excluding hydrogens is 202 g/mol. The van der Waals surface area contributed by atoms with Crippen molar-refractivity contribution in [2.45, 2.75) is 58.5 Å². The van der Waals surface area contributed by atoms with Crippen LogP contribution in [0.1, 0.15) is 47.5 Å². The molecule has 0 aromatic rings. The predicted octanol–water partition coefficient (Wildman–Crippen LogP) is 1.04. The lowest BCUT2D eigenvalue weighted by Crippen LogP contribution is -2.52. The Hall–Kier alpha value is -0.870. The molecule has 0 rings (SSSR count). The first-order valence-electron chi connectivity index (χ1n) is 5.69. The zero-order valence-corrected chi connectivity index (χ0v) is 11.1. The van der Waals surface area contributed by atoms with Crippen LogP contribution in [0.2, 0.25) is 0 Å². The monoisotopic (exact) mass is 227 g/mol. The van der Waals surface area contributed by atoms with Crippen molar-refractivity contribution in [3.63, 3.8) is 0 Å². The van der Waals surface area contributed by atoms with Gasteiger partial charge in [0.25, 0.3) is 0 Å². The summed E-state index contributed by atoms with van der Waals surface area (Å²) in [5, 5.41) is 0. The molecular formula is C12H25N3O. The van der Waals surface area contributed by atoms with E-state index in [1.54, 1.807) is 6.92 Å². The second-order valence-electron chi connectivity index (χ2n) is 4.91. The van der Waals surface area contributed by atoms with E-state index in [4.69, 9.17) is 17.2 Å². The van der Waals surface area contributed by atoms with E-state index in [1.165, 1.54) is 0 Å². The molecule has 0 aliphatic carbocycles. The molecule has 0 fully saturated rings. The summed E-state index contributed by atoms with van der Waals surface area (Å²) in [4.78, 5) is 11.3. The Balaban J connectivity index is 5.77. The largest absolute Gasteiger partial charge is 0.366 e. The molecule has 0 aromatic carbocycles. The summed E-state index contributed by atoms with van der Waals surface area (Å²) in [5.74, 6) is -0.453. The van der Waals surface area contributed by atoms with Crippen LogP contribution in [0.5, 0.6) is 0 Å². The van der Waals surface area contributed by atoms with Gasteiger partial charge in [-0.3, -0.25) is 4.79 Å². The predicted molar refractivity (Wildman–Crippen MR) is 67.7 cm³/mol. The molecule has 0 heterocycles. The summed E-state index contributed by atoms with van der Waals surface area (Å²) in [6, 6.07) is 0. The van der Waals surface area contributed by atoms with Crippen molar-refractivity contribution in [1.82, 2.24) is 0 Å². The van der Waals surface area contributed by atoms with E-state index in [0.29, 0.717) is 18.4 Å². The fourth-order valence-electron chi connectivity index (χ4n) is 1.99. The van der Waals surface area contributed by atoms with Gasteiger partial charge in [-0.1, -0.05) is 13.8 Å². The standard InChI is InChI=1S/C12H25N3O/c1-6-11(4,14)9(8(3)10(13)16)12(5,15)7-2/h6-7,14-15H2,1-5H3,(H2,13,16). The Morgan fingerprint density at radius 3 is 1.56 bits per heavy atom. The number of amides is 1. The Morgan fingerprint density at radius 2 is 1.38 bits per heavy atom. The fourth-order valence-corrected chi connectivity index (χ4v) is 1.99. The molecule has 0 spiro atoms. The van der Waals surface area contributed by atoms with Crippen LogP contribution in [0.3, 0.4) is 0 Å². The van der Waals surface area contributed by atoms with Crippen molar-refractivity contribution in [3.8, 4) is 0 Å². The molecule has 0 bridgehead atoms. The first-order valence-corrected chi connectivity index (χ1v) is 5.69. The number of primary amides is 1. The first-order chi connectivity index (χ1) is 7.10. The number of rotatable bonds is 5. The van der Waals surface area contributed by atoms with E-state index in [0.717, 1.165) is 5.57 Å². The topological polar surface area (TPSA) is 95.1 Å². The lowest BCUT2D eigenvalue weighted by Gasteiger charge is -2.38. The van der Waals surface area contributed by atoms with Crippen LogP contribution in [0, 0.1) is 0 Å². The lowest BCUT2D eigenvalue weighted by atomic mass is 9.74. The lowest BCUT2D eigenvalue weighted by molar-refractivity contribution is -0.114. The summed E-state index contributed by atoms with van der Waals surface area (Å²) in [6.07, 6.45) is 1.42. The van der Waals surface area contributed by atoms with Crippen LogP contribution in [0.4, 0.5) is 0 Å². The van der Waals surface area contributed by atoms with E-state index < -0.39 is 17.0 Å². The molecule has 2 atom stereocenters. The van der Waals surface area contributed by atoms with Crippen LogP contribution >= 0.6 is 0 Å². The van der Waals surface area contributed by atoms with Gasteiger partial charge in [0.05, 0.1) is 0 Å². The van der Waals surface area contributed by atoms with Crippen molar-refractivity contribution >= 4 is 5.91 Å². The van der Waals surface area contributed by atoms with Crippen molar-refractivity contribution in [1.29, 1.82) is 0 Å². The molecule has 2 unspecified atom stereocenters. The maximum Gasteiger partial charge on any atom is 0.244 e. The first kappa shape index (κ1) is 15.1. The Bertz CT molecular complexity index is 285. The maximum atomic E-state index is 11.3. The zero-order chi connectivity index (χ0) is 13.1. The SMILES string of the molecule is CCC(C)(N)C(=C(C)C(N)=O)C(C)(N)CC. The quantitative estimate of drug-likeness (QED) is 0.612.